The van der Waals surface area contributed by atoms with E-state index in [0.29, 0.717) is 35.8 Å². The Morgan fingerprint density at radius 3 is 2.24 bits per heavy atom. The number of benzene rings is 3. The Labute approximate surface area is 198 Å². The molecule has 0 saturated carbocycles. The normalized spacial score (nSPS) is 18.0. The lowest BCUT2D eigenvalue weighted by Gasteiger charge is -2.45. The van der Waals surface area contributed by atoms with Crippen LogP contribution in [0.1, 0.15) is 34.5 Å². The molecule has 6 nitrogen and oxygen atoms in total. The molecule has 7 heteroatoms. The summed E-state index contributed by atoms with van der Waals surface area (Å²) < 4.78 is 0. The van der Waals surface area contributed by atoms with Crippen molar-refractivity contribution in [2.75, 3.05) is 24.5 Å². The number of amides is 2. The number of nitrogens with zero attached hydrogens (tertiary/aromatic N) is 2. The van der Waals surface area contributed by atoms with Gasteiger partial charge in [0.1, 0.15) is 0 Å². The van der Waals surface area contributed by atoms with E-state index in [1.54, 1.807) is 47.4 Å². The number of carbonyl (C=O) groups is 2. The number of carbonyl (C=O) groups excluding carboxylic acids is 2. The maximum atomic E-state index is 13.4. The van der Waals surface area contributed by atoms with E-state index in [1.807, 2.05) is 36.4 Å². The van der Waals surface area contributed by atoms with E-state index in [-0.39, 0.29) is 11.9 Å². The van der Waals surface area contributed by atoms with Crippen LogP contribution >= 0.6 is 11.6 Å². The lowest BCUT2D eigenvalue weighted by Crippen LogP contribution is -2.55. The quantitative estimate of drug-likeness (QED) is 0.603. The molecule has 0 radical (unpaired) electrons. The van der Waals surface area contributed by atoms with E-state index in [4.69, 9.17) is 17.3 Å². The van der Waals surface area contributed by atoms with E-state index in [0.717, 1.165) is 11.3 Å². The summed E-state index contributed by atoms with van der Waals surface area (Å²) in [6.07, 6.45) is 0. The SMILES string of the molecule is C[C@](O)(C(=O)N1CCN(c2ccc(C(N)=O)cc2Cl)[C@H](c2ccccc2)C1)c1ccccc1. The van der Waals surface area contributed by atoms with Crippen molar-refractivity contribution >= 4 is 29.1 Å². The Morgan fingerprint density at radius 2 is 1.64 bits per heavy atom. The summed E-state index contributed by atoms with van der Waals surface area (Å²) in [5, 5.41) is 11.5. The standard InChI is InChI=1S/C26H26ClN3O3/c1-26(33,20-10-6-3-7-11-20)25(32)29-14-15-30(23(17-29)18-8-4-2-5-9-18)22-13-12-19(24(28)31)16-21(22)27/h2-13,16,23,33H,14-15,17H2,1H3,(H2,28,31)/t23-,26+/m0/s1. The summed E-state index contributed by atoms with van der Waals surface area (Å²) in [5.74, 6) is -0.883. The number of hydrogen-bond donors (Lipinski definition) is 2. The van der Waals surface area contributed by atoms with Gasteiger partial charge in [0.2, 0.25) is 5.91 Å². The minimum atomic E-state index is -1.63. The van der Waals surface area contributed by atoms with Crippen LogP contribution in [0.5, 0.6) is 0 Å². The van der Waals surface area contributed by atoms with Crippen LogP contribution in [0.25, 0.3) is 0 Å². The van der Waals surface area contributed by atoms with E-state index in [1.165, 1.54) is 6.92 Å². The number of piperazine rings is 1. The van der Waals surface area contributed by atoms with Crippen LogP contribution in [0.15, 0.2) is 78.9 Å². The first-order chi connectivity index (χ1) is 15.8. The molecule has 1 heterocycles. The zero-order valence-electron chi connectivity index (χ0n) is 18.3. The van der Waals surface area contributed by atoms with Crippen LogP contribution < -0.4 is 10.6 Å². The average molecular weight is 464 g/mol. The molecule has 2 amide bonds. The zero-order valence-corrected chi connectivity index (χ0v) is 19.1. The highest BCUT2D eigenvalue weighted by atomic mass is 35.5. The molecule has 170 valence electrons. The van der Waals surface area contributed by atoms with Gasteiger partial charge in [-0.25, -0.2) is 0 Å². The van der Waals surface area contributed by atoms with Crippen LogP contribution in [-0.4, -0.2) is 41.5 Å². The molecule has 0 spiro atoms. The first kappa shape index (κ1) is 22.8. The number of anilines is 1. The van der Waals surface area contributed by atoms with Crippen molar-refractivity contribution in [1.82, 2.24) is 4.90 Å². The molecular formula is C26H26ClN3O3. The van der Waals surface area contributed by atoms with E-state index in [9.17, 15) is 14.7 Å². The largest absolute Gasteiger partial charge is 0.376 e. The first-order valence-electron chi connectivity index (χ1n) is 10.8. The van der Waals surface area contributed by atoms with E-state index >= 15 is 0 Å². The monoisotopic (exact) mass is 463 g/mol. The van der Waals surface area contributed by atoms with Crippen molar-refractivity contribution in [3.05, 3.63) is 101 Å². The fourth-order valence-electron chi connectivity index (χ4n) is 4.30. The number of hydrogen-bond acceptors (Lipinski definition) is 4. The Bertz CT molecular complexity index is 1150. The number of primary amides is 1. The number of nitrogens with two attached hydrogens (primary N) is 1. The second kappa shape index (κ2) is 9.25. The van der Waals surface area contributed by atoms with Gasteiger partial charge < -0.3 is 20.6 Å². The van der Waals surface area contributed by atoms with Gasteiger partial charge in [0.15, 0.2) is 5.60 Å². The van der Waals surface area contributed by atoms with Gasteiger partial charge in [-0.15, -0.1) is 0 Å². The van der Waals surface area contributed by atoms with Crippen molar-refractivity contribution < 1.29 is 14.7 Å². The molecule has 0 bridgehead atoms. The molecule has 1 aliphatic rings. The van der Waals surface area contributed by atoms with Gasteiger partial charge in [0, 0.05) is 25.2 Å². The summed E-state index contributed by atoms with van der Waals surface area (Å²) in [7, 11) is 0. The van der Waals surface area contributed by atoms with Gasteiger partial charge in [-0.2, -0.15) is 0 Å². The Balaban J connectivity index is 1.66. The third-order valence-corrected chi connectivity index (χ3v) is 6.45. The predicted octanol–water partition coefficient (Wildman–Crippen LogP) is 3.74. The van der Waals surface area contributed by atoms with Gasteiger partial charge in [-0.05, 0) is 36.2 Å². The van der Waals surface area contributed by atoms with Gasteiger partial charge in [-0.1, -0.05) is 72.3 Å². The van der Waals surface area contributed by atoms with Crippen LogP contribution in [0.2, 0.25) is 5.02 Å². The second-order valence-electron chi connectivity index (χ2n) is 8.34. The third kappa shape index (κ3) is 4.58. The fraction of sp³-hybridized carbons (Fsp3) is 0.231. The molecule has 4 rings (SSSR count). The molecule has 1 fully saturated rings. The van der Waals surface area contributed by atoms with Gasteiger partial charge in [-0.3, -0.25) is 9.59 Å². The maximum Gasteiger partial charge on any atom is 0.259 e. The minimum absolute atomic E-state index is 0.188. The summed E-state index contributed by atoms with van der Waals surface area (Å²) in [5.41, 5.74) is 6.43. The number of aliphatic hydroxyl groups is 1. The van der Waals surface area contributed by atoms with Crippen LogP contribution in [0.4, 0.5) is 5.69 Å². The topological polar surface area (TPSA) is 86.9 Å². The van der Waals surface area contributed by atoms with E-state index in [2.05, 4.69) is 4.90 Å². The highest BCUT2D eigenvalue weighted by Gasteiger charge is 2.40. The Hall–Kier alpha value is -3.35. The maximum absolute atomic E-state index is 13.4. The smallest absolute Gasteiger partial charge is 0.259 e. The Morgan fingerprint density at radius 1 is 1.00 bits per heavy atom. The summed E-state index contributed by atoms with van der Waals surface area (Å²) in [4.78, 5) is 28.8. The third-order valence-electron chi connectivity index (χ3n) is 6.15. The molecule has 0 unspecified atom stereocenters. The van der Waals surface area contributed by atoms with Gasteiger partial charge in [0.25, 0.3) is 5.91 Å². The van der Waals surface area contributed by atoms with E-state index < -0.39 is 11.5 Å². The molecular weight excluding hydrogens is 438 g/mol. The van der Waals surface area contributed by atoms with Crippen LogP contribution in [-0.2, 0) is 10.4 Å². The number of rotatable bonds is 5. The van der Waals surface area contributed by atoms with Crippen molar-refractivity contribution in [1.29, 1.82) is 0 Å². The Kier molecular flexibility index (Phi) is 6.40. The van der Waals surface area contributed by atoms with Gasteiger partial charge >= 0.3 is 0 Å². The number of halogens is 1. The average Bonchev–Trinajstić information content (AvgIpc) is 2.84. The summed E-state index contributed by atoms with van der Waals surface area (Å²) in [6.45, 7) is 2.83. The van der Waals surface area contributed by atoms with Crippen molar-refractivity contribution in [3.63, 3.8) is 0 Å². The van der Waals surface area contributed by atoms with Crippen molar-refractivity contribution in [2.45, 2.75) is 18.6 Å². The molecule has 2 atom stereocenters. The summed E-state index contributed by atoms with van der Waals surface area (Å²) >= 11 is 6.54. The fourth-order valence-corrected chi connectivity index (χ4v) is 4.59. The molecule has 1 aliphatic heterocycles. The molecule has 1 saturated heterocycles. The lowest BCUT2D eigenvalue weighted by molar-refractivity contribution is -0.151. The minimum Gasteiger partial charge on any atom is -0.376 e. The van der Waals surface area contributed by atoms with Crippen molar-refractivity contribution in [3.8, 4) is 0 Å². The molecule has 0 aromatic heterocycles. The molecule has 3 aromatic rings. The molecule has 3 aromatic carbocycles. The predicted molar refractivity (Wildman–Crippen MR) is 129 cm³/mol. The lowest BCUT2D eigenvalue weighted by atomic mass is 9.93. The summed E-state index contributed by atoms with van der Waals surface area (Å²) in [6, 6.07) is 23.6. The molecule has 3 N–H and O–H groups in total. The first-order valence-corrected chi connectivity index (χ1v) is 11.1. The zero-order chi connectivity index (χ0) is 23.6. The van der Waals surface area contributed by atoms with Crippen LogP contribution in [0, 0.1) is 0 Å². The highest BCUT2D eigenvalue weighted by Crippen LogP contribution is 2.37. The van der Waals surface area contributed by atoms with Gasteiger partial charge in [0.05, 0.1) is 16.8 Å². The van der Waals surface area contributed by atoms with Crippen molar-refractivity contribution in [2.24, 2.45) is 5.73 Å². The highest BCUT2D eigenvalue weighted by molar-refractivity contribution is 6.33. The van der Waals surface area contributed by atoms with Crippen LogP contribution in [0.3, 0.4) is 0 Å². The molecule has 33 heavy (non-hydrogen) atoms. The second-order valence-corrected chi connectivity index (χ2v) is 8.75. The molecule has 0 aliphatic carbocycles.